The quantitative estimate of drug-likeness (QED) is 0.478. The van der Waals surface area contributed by atoms with Crippen molar-refractivity contribution in [1.82, 2.24) is 0 Å². The van der Waals surface area contributed by atoms with Crippen molar-refractivity contribution >= 4 is 34.9 Å². The van der Waals surface area contributed by atoms with Crippen LogP contribution in [0, 0.1) is 25.2 Å². The molecule has 2 N–H and O–H groups in total. The Morgan fingerprint density at radius 2 is 2.04 bits per heavy atom. The molecule has 0 aliphatic rings. The molecule has 2 rings (SSSR count). The zero-order valence-corrected chi connectivity index (χ0v) is 15.0. The Bertz CT molecular complexity index is 853. The first-order valence-electron chi connectivity index (χ1n) is 7.31. The van der Waals surface area contributed by atoms with E-state index in [1.807, 2.05) is 44.2 Å². The van der Waals surface area contributed by atoms with Crippen LogP contribution in [0.2, 0.25) is 5.02 Å². The minimum atomic E-state index is 0.0901. The van der Waals surface area contributed by atoms with Gasteiger partial charge in [0.25, 0.3) is 0 Å². The van der Waals surface area contributed by atoms with E-state index < -0.39 is 0 Å². The number of nitrogens with zero attached hydrogens (tertiary/aromatic N) is 1. The third kappa shape index (κ3) is 4.35. The number of thiocarbonyl (C=S) groups is 1. The Morgan fingerprint density at radius 1 is 1.33 bits per heavy atom. The average Bonchev–Trinajstić information content (AvgIpc) is 2.54. The number of hydrogen-bond acceptors (Lipinski definition) is 3. The second-order valence-electron chi connectivity index (χ2n) is 5.39. The van der Waals surface area contributed by atoms with Crippen LogP contribution in [-0.2, 0) is 6.61 Å². The predicted octanol–water partition coefficient (Wildman–Crippen LogP) is 4.73. The highest BCUT2D eigenvalue weighted by Gasteiger charge is 2.09. The first-order valence-corrected chi connectivity index (χ1v) is 8.10. The molecule has 2 aromatic rings. The number of nitriles is 1. The number of para-hydroxylation sites is 1. The number of rotatable bonds is 5. The van der Waals surface area contributed by atoms with Gasteiger partial charge < -0.3 is 10.5 Å². The summed E-state index contributed by atoms with van der Waals surface area (Å²) in [6.07, 6.45) is 1.71. The Balaban J connectivity index is 2.34. The predicted molar refractivity (Wildman–Crippen MR) is 102 cm³/mol. The minimum absolute atomic E-state index is 0.0901. The third-order valence-electron chi connectivity index (χ3n) is 3.61. The molecule has 0 bridgehead atoms. The van der Waals surface area contributed by atoms with E-state index in [4.69, 9.17) is 39.6 Å². The number of halogens is 1. The van der Waals surface area contributed by atoms with Crippen LogP contribution in [0.1, 0.15) is 22.3 Å². The van der Waals surface area contributed by atoms with Crippen molar-refractivity contribution in [3.63, 3.8) is 0 Å². The molecule has 0 atom stereocenters. The Hall–Kier alpha value is -2.35. The summed E-state index contributed by atoms with van der Waals surface area (Å²) >= 11 is 11.0. The van der Waals surface area contributed by atoms with Crippen molar-refractivity contribution in [2.45, 2.75) is 20.5 Å². The molecule has 3 nitrogen and oxygen atoms in total. The highest BCUT2D eigenvalue weighted by molar-refractivity contribution is 7.80. The normalized spacial score (nSPS) is 11.0. The summed E-state index contributed by atoms with van der Waals surface area (Å²) in [6.45, 7) is 4.35. The maximum atomic E-state index is 9.14. The van der Waals surface area contributed by atoms with E-state index in [0.29, 0.717) is 17.4 Å². The van der Waals surface area contributed by atoms with Crippen LogP contribution in [-0.4, -0.2) is 4.99 Å². The molecule has 0 amide bonds. The zero-order valence-electron chi connectivity index (χ0n) is 13.5. The van der Waals surface area contributed by atoms with Gasteiger partial charge in [-0.3, -0.25) is 0 Å². The van der Waals surface area contributed by atoms with Gasteiger partial charge in [-0.25, -0.2) is 0 Å². The van der Waals surface area contributed by atoms with Gasteiger partial charge in [0.15, 0.2) is 0 Å². The van der Waals surface area contributed by atoms with Crippen LogP contribution in [0.5, 0.6) is 5.75 Å². The van der Waals surface area contributed by atoms with Crippen molar-refractivity contribution in [2.75, 3.05) is 0 Å². The van der Waals surface area contributed by atoms with Crippen LogP contribution in [0.15, 0.2) is 42.0 Å². The lowest BCUT2D eigenvalue weighted by atomic mass is 9.98. The molecule has 2 aromatic carbocycles. The molecule has 0 spiro atoms. The SMILES string of the molecule is Cc1cc(/C=C(\C#N)C(N)=S)c(C)c(COc2ccccc2Cl)c1. The maximum absolute atomic E-state index is 9.14. The molecular weight excluding hydrogens is 340 g/mol. The summed E-state index contributed by atoms with van der Waals surface area (Å²) in [5.41, 5.74) is 9.85. The van der Waals surface area contributed by atoms with Crippen LogP contribution in [0.4, 0.5) is 0 Å². The topological polar surface area (TPSA) is 59.0 Å². The molecule has 24 heavy (non-hydrogen) atoms. The third-order valence-corrected chi connectivity index (χ3v) is 4.14. The van der Waals surface area contributed by atoms with Gasteiger partial charge in [-0.05, 0) is 48.7 Å². The first kappa shape index (κ1) is 18.0. The lowest BCUT2D eigenvalue weighted by Gasteiger charge is -2.13. The second-order valence-corrected chi connectivity index (χ2v) is 6.24. The monoisotopic (exact) mass is 356 g/mol. The Morgan fingerprint density at radius 3 is 2.67 bits per heavy atom. The van der Waals surface area contributed by atoms with Gasteiger partial charge >= 0.3 is 0 Å². The van der Waals surface area contributed by atoms with E-state index in [-0.39, 0.29) is 10.6 Å². The highest BCUT2D eigenvalue weighted by Crippen LogP contribution is 2.26. The van der Waals surface area contributed by atoms with Crippen molar-refractivity contribution in [1.29, 1.82) is 5.26 Å². The number of aryl methyl sites for hydroxylation is 1. The lowest BCUT2D eigenvalue weighted by molar-refractivity contribution is 0.305. The molecule has 0 fully saturated rings. The molecule has 5 heteroatoms. The number of benzene rings is 2. The summed E-state index contributed by atoms with van der Waals surface area (Å²) in [7, 11) is 0. The molecular formula is C19H17ClN2OS. The fraction of sp³-hybridized carbons (Fsp3) is 0.158. The average molecular weight is 357 g/mol. The van der Waals surface area contributed by atoms with E-state index >= 15 is 0 Å². The summed E-state index contributed by atoms with van der Waals surface area (Å²) in [6, 6.07) is 13.4. The summed E-state index contributed by atoms with van der Waals surface area (Å²) in [5, 5.41) is 9.72. The molecule has 0 radical (unpaired) electrons. The van der Waals surface area contributed by atoms with Gasteiger partial charge in [-0.2, -0.15) is 5.26 Å². The van der Waals surface area contributed by atoms with Crippen LogP contribution < -0.4 is 10.5 Å². The van der Waals surface area contributed by atoms with E-state index in [0.717, 1.165) is 22.3 Å². The molecule has 0 saturated heterocycles. The van der Waals surface area contributed by atoms with E-state index in [1.54, 1.807) is 12.1 Å². The van der Waals surface area contributed by atoms with Crippen LogP contribution >= 0.6 is 23.8 Å². The molecule has 0 aromatic heterocycles. The van der Waals surface area contributed by atoms with Gasteiger partial charge in [0.05, 0.1) is 10.6 Å². The summed E-state index contributed by atoms with van der Waals surface area (Å²) in [5.74, 6) is 0.637. The molecule has 0 heterocycles. The fourth-order valence-electron chi connectivity index (χ4n) is 2.29. The van der Waals surface area contributed by atoms with Gasteiger partial charge in [-0.15, -0.1) is 0 Å². The number of hydrogen-bond donors (Lipinski definition) is 1. The van der Waals surface area contributed by atoms with Crippen LogP contribution in [0.25, 0.3) is 6.08 Å². The minimum Gasteiger partial charge on any atom is -0.487 e. The molecule has 0 aliphatic heterocycles. The van der Waals surface area contributed by atoms with Crippen molar-refractivity contribution in [3.8, 4) is 11.8 Å². The number of ether oxygens (including phenoxy) is 1. The fourth-order valence-corrected chi connectivity index (χ4v) is 2.59. The largest absolute Gasteiger partial charge is 0.487 e. The Kier molecular flexibility index (Phi) is 5.97. The molecule has 0 aliphatic carbocycles. The van der Waals surface area contributed by atoms with E-state index in [9.17, 15) is 0 Å². The summed E-state index contributed by atoms with van der Waals surface area (Å²) < 4.78 is 5.82. The Labute approximate surface area is 152 Å². The lowest BCUT2D eigenvalue weighted by Crippen LogP contribution is -2.10. The molecule has 0 saturated carbocycles. The van der Waals surface area contributed by atoms with Gasteiger partial charge in [0, 0.05) is 0 Å². The van der Waals surface area contributed by atoms with Crippen molar-refractivity contribution in [3.05, 3.63) is 69.2 Å². The first-order chi connectivity index (χ1) is 11.4. The van der Waals surface area contributed by atoms with Crippen molar-refractivity contribution < 1.29 is 4.74 Å². The highest BCUT2D eigenvalue weighted by atomic mass is 35.5. The second kappa shape index (κ2) is 7.96. The van der Waals surface area contributed by atoms with Gasteiger partial charge in [-0.1, -0.05) is 53.6 Å². The standard InChI is InChI=1S/C19H17ClN2OS/c1-12-7-14(9-15(10-21)19(22)24)13(2)16(8-12)11-23-18-6-4-3-5-17(18)20/h3-9H,11H2,1-2H3,(H2,22,24)/b15-9+. The maximum Gasteiger partial charge on any atom is 0.138 e. The van der Waals surface area contributed by atoms with Gasteiger partial charge in [0.1, 0.15) is 23.4 Å². The zero-order chi connectivity index (χ0) is 17.7. The van der Waals surface area contributed by atoms with Crippen molar-refractivity contribution in [2.24, 2.45) is 5.73 Å². The van der Waals surface area contributed by atoms with E-state index in [2.05, 4.69) is 6.07 Å². The van der Waals surface area contributed by atoms with Gasteiger partial charge in [0.2, 0.25) is 0 Å². The van der Waals surface area contributed by atoms with Crippen LogP contribution in [0.3, 0.4) is 0 Å². The molecule has 122 valence electrons. The number of nitrogens with two attached hydrogens (primary N) is 1. The van der Waals surface area contributed by atoms with E-state index in [1.165, 1.54) is 0 Å². The summed E-state index contributed by atoms with van der Waals surface area (Å²) in [4.78, 5) is 0.0901. The molecule has 0 unspecified atom stereocenters. The smallest absolute Gasteiger partial charge is 0.138 e.